The van der Waals surface area contributed by atoms with Gasteiger partial charge in [-0.25, -0.2) is 0 Å². The molecule has 0 atom stereocenters. The summed E-state index contributed by atoms with van der Waals surface area (Å²) in [6, 6.07) is 25.2. The van der Waals surface area contributed by atoms with Gasteiger partial charge in [0, 0.05) is 10.8 Å². The van der Waals surface area contributed by atoms with Crippen LogP contribution in [0, 0.1) is 0 Å². The smallest absolute Gasteiger partial charge is 0.0589 e. The molecule has 0 unspecified atom stereocenters. The van der Waals surface area contributed by atoms with Crippen molar-refractivity contribution in [3.63, 3.8) is 0 Å². The van der Waals surface area contributed by atoms with Crippen molar-refractivity contribution in [2.75, 3.05) is 11.5 Å². The Hall–Kier alpha value is -2.74. The van der Waals surface area contributed by atoms with Crippen LogP contribution in [-0.2, 0) is 10.8 Å². The van der Waals surface area contributed by atoms with Gasteiger partial charge in [-0.05, 0) is 28.3 Å². The molecule has 0 saturated carbocycles. The second kappa shape index (κ2) is 6.53. The minimum atomic E-state index is -0.234. The first kappa shape index (κ1) is 18.1. The van der Waals surface area contributed by atoms with Gasteiger partial charge in [0.1, 0.15) is 0 Å². The summed E-state index contributed by atoms with van der Waals surface area (Å²) in [5.41, 5.74) is 18.4. The van der Waals surface area contributed by atoms with Gasteiger partial charge in [0.25, 0.3) is 0 Å². The summed E-state index contributed by atoms with van der Waals surface area (Å²) in [5, 5.41) is 0. The van der Waals surface area contributed by atoms with Gasteiger partial charge in [-0.2, -0.15) is 0 Å². The number of hydrogen-bond acceptors (Lipinski definition) is 2. The summed E-state index contributed by atoms with van der Waals surface area (Å²) in [7, 11) is 0. The average Bonchev–Trinajstić information content (AvgIpc) is 2.65. The summed E-state index contributed by atoms with van der Waals surface area (Å²) in [4.78, 5) is 0. The van der Waals surface area contributed by atoms with Crippen LogP contribution >= 0.6 is 0 Å². The van der Waals surface area contributed by atoms with Crippen LogP contribution in [0.15, 0.2) is 72.8 Å². The number of anilines is 2. The predicted molar refractivity (Wildman–Crippen MR) is 112 cm³/mol. The van der Waals surface area contributed by atoms with E-state index in [2.05, 4.69) is 82.3 Å². The molecule has 0 aliphatic carbocycles. The fourth-order valence-corrected chi connectivity index (χ4v) is 3.59. The maximum Gasteiger partial charge on any atom is 0.0589 e. The first-order chi connectivity index (χ1) is 12.2. The molecule has 134 valence electrons. The van der Waals surface area contributed by atoms with Crippen LogP contribution in [0.2, 0.25) is 0 Å². The van der Waals surface area contributed by atoms with Gasteiger partial charge in [-0.3, -0.25) is 0 Å². The van der Waals surface area contributed by atoms with Gasteiger partial charge < -0.3 is 11.5 Å². The van der Waals surface area contributed by atoms with Crippen molar-refractivity contribution in [1.82, 2.24) is 0 Å². The second-order valence-electron chi connectivity index (χ2n) is 8.01. The molecule has 0 aliphatic rings. The number of benzene rings is 3. The van der Waals surface area contributed by atoms with Crippen molar-refractivity contribution < 1.29 is 0 Å². The molecule has 0 aliphatic heterocycles. The molecule has 3 aromatic rings. The molecule has 0 bridgehead atoms. The third kappa shape index (κ3) is 3.08. The predicted octanol–water partition coefficient (Wildman–Crippen LogP) is 5.50. The molecule has 0 heterocycles. The molecule has 0 radical (unpaired) electrons. The average molecular weight is 345 g/mol. The Morgan fingerprint density at radius 1 is 0.577 bits per heavy atom. The molecule has 2 nitrogen and oxygen atoms in total. The molecule has 3 aromatic carbocycles. The SMILES string of the molecule is CC(C)(c1ccccc1)c1cc(N)c(N)c(C(C)(C)c2ccccc2)c1. The van der Waals surface area contributed by atoms with Gasteiger partial charge in [-0.15, -0.1) is 0 Å². The van der Waals surface area contributed by atoms with E-state index in [4.69, 9.17) is 11.5 Å². The fraction of sp³-hybridized carbons (Fsp3) is 0.250. The first-order valence-electron chi connectivity index (χ1n) is 9.05. The largest absolute Gasteiger partial charge is 0.397 e. The van der Waals surface area contributed by atoms with Crippen molar-refractivity contribution in [3.05, 3.63) is 95.1 Å². The number of nitrogens with two attached hydrogens (primary N) is 2. The lowest BCUT2D eigenvalue weighted by molar-refractivity contribution is 0.619. The van der Waals surface area contributed by atoms with Crippen LogP contribution in [0.3, 0.4) is 0 Å². The van der Waals surface area contributed by atoms with E-state index in [1.807, 2.05) is 18.2 Å². The Morgan fingerprint density at radius 3 is 1.54 bits per heavy atom. The fourth-order valence-electron chi connectivity index (χ4n) is 3.59. The van der Waals surface area contributed by atoms with E-state index in [9.17, 15) is 0 Å². The second-order valence-corrected chi connectivity index (χ2v) is 8.01. The Kier molecular flexibility index (Phi) is 4.53. The minimum absolute atomic E-state index is 0.162. The number of nitrogen functional groups attached to an aromatic ring is 2. The van der Waals surface area contributed by atoms with Crippen LogP contribution in [-0.4, -0.2) is 0 Å². The zero-order chi connectivity index (χ0) is 18.9. The van der Waals surface area contributed by atoms with E-state index in [-0.39, 0.29) is 10.8 Å². The van der Waals surface area contributed by atoms with Gasteiger partial charge in [0.15, 0.2) is 0 Å². The highest BCUT2D eigenvalue weighted by Crippen LogP contribution is 2.41. The molecular weight excluding hydrogens is 316 g/mol. The van der Waals surface area contributed by atoms with E-state index in [0.29, 0.717) is 11.4 Å². The van der Waals surface area contributed by atoms with Crippen LogP contribution in [0.25, 0.3) is 0 Å². The molecule has 0 spiro atoms. The maximum atomic E-state index is 6.43. The highest BCUT2D eigenvalue weighted by molar-refractivity contribution is 5.72. The molecule has 2 heteroatoms. The van der Waals surface area contributed by atoms with Crippen LogP contribution < -0.4 is 11.5 Å². The van der Waals surface area contributed by atoms with E-state index in [0.717, 1.165) is 5.56 Å². The zero-order valence-corrected chi connectivity index (χ0v) is 16.1. The third-order valence-electron chi connectivity index (χ3n) is 5.60. The van der Waals surface area contributed by atoms with Crippen molar-refractivity contribution in [3.8, 4) is 0 Å². The van der Waals surface area contributed by atoms with Crippen molar-refractivity contribution in [1.29, 1.82) is 0 Å². The van der Waals surface area contributed by atoms with E-state index < -0.39 is 0 Å². The topological polar surface area (TPSA) is 52.0 Å². The Balaban J connectivity index is 2.17. The Bertz CT molecular complexity index is 894. The third-order valence-corrected chi connectivity index (χ3v) is 5.60. The summed E-state index contributed by atoms with van der Waals surface area (Å²) < 4.78 is 0. The number of hydrogen-bond donors (Lipinski definition) is 2. The maximum absolute atomic E-state index is 6.43. The summed E-state index contributed by atoms with van der Waals surface area (Å²) in [6.07, 6.45) is 0. The molecule has 0 fully saturated rings. The van der Waals surface area contributed by atoms with Crippen LogP contribution in [0.1, 0.15) is 49.9 Å². The van der Waals surface area contributed by atoms with E-state index in [1.54, 1.807) is 0 Å². The normalized spacial score (nSPS) is 12.2. The highest BCUT2D eigenvalue weighted by atomic mass is 14.7. The standard InChI is InChI=1S/C24H28N2/c1-23(2,17-11-7-5-8-12-17)19-15-20(22(26)21(25)16-19)24(3,4)18-13-9-6-10-14-18/h5-16H,25-26H2,1-4H3. The monoisotopic (exact) mass is 344 g/mol. The quantitative estimate of drug-likeness (QED) is 0.614. The van der Waals surface area contributed by atoms with Crippen molar-refractivity contribution in [2.45, 2.75) is 38.5 Å². The van der Waals surface area contributed by atoms with Gasteiger partial charge in [0.05, 0.1) is 11.4 Å². The van der Waals surface area contributed by atoms with Gasteiger partial charge in [-0.1, -0.05) is 94.4 Å². The molecule has 4 N–H and O–H groups in total. The van der Waals surface area contributed by atoms with Crippen LogP contribution in [0.5, 0.6) is 0 Å². The lowest BCUT2D eigenvalue weighted by Gasteiger charge is -2.32. The lowest BCUT2D eigenvalue weighted by atomic mass is 9.72. The molecule has 0 amide bonds. The first-order valence-corrected chi connectivity index (χ1v) is 9.05. The molecule has 0 saturated heterocycles. The van der Waals surface area contributed by atoms with Crippen molar-refractivity contribution in [2.24, 2.45) is 0 Å². The van der Waals surface area contributed by atoms with E-state index in [1.165, 1.54) is 16.7 Å². The minimum Gasteiger partial charge on any atom is -0.397 e. The zero-order valence-electron chi connectivity index (χ0n) is 16.1. The Morgan fingerprint density at radius 2 is 1.04 bits per heavy atom. The molecule has 3 rings (SSSR count). The van der Waals surface area contributed by atoms with Gasteiger partial charge in [0.2, 0.25) is 0 Å². The summed E-state index contributed by atoms with van der Waals surface area (Å²) in [6.45, 7) is 8.86. The Labute approximate surface area is 156 Å². The summed E-state index contributed by atoms with van der Waals surface area (Å²) >= 11 is 0. The number of rotatable bonds is 4. The molecule has 0 aromatic heterocycles. The lowest BCUT2D eigenvalue weighted by Crippen LogP contribution is -2.25. The van der Waals surface area contributed by atoms with Crippen LogP contribution in [0.4, 0.5) is 11.4 Å². The summed E-state index contributed by atoms with van der Waals surface area (Å²) in [5.74, 6) is 0. The van der Waals surface area contributed by atoms with Gasteiger partial charge >= 0.3 is 0 Å². The van der Waals surface area contributed by atoms with Crippen molar-refractivity contribution >= 4 is 11.4 Å². The molecular formula is C24H28N2. The highest BCUT2D eigenvalue weighted by Gasteiger charge is 2.30. The molecule has 26 heavy (non-hydrogen) atoms. The van der Waals surface area contributed by atoms with E-state index >= 15 is 0 Å².